The van der Waals surface area contributed by atoms with Gasteiger partial charge in [-0.25, -0.2) is 9.59 Å². The van der Waals surface area contributed by atoms with E-state index in [1.165, 1.54) is 99.1 Å². The first-order valence-electron chi connectivity index (χ1n) is 19.7. The number of hydrogen-bond donors (Lipinski definition) is 8. The summed E-state index contributed by atoms with van der Waals surface area (Å²) in [5.74, 6) is -4.12. The van der Waals surface area contributed by atoms with Crippen LogP contribution in [0, 0.1) is 0 Å². The number of halogens is 2. The summed E-state index contributed by atoms with van der Waals surface area (Å²) >= 11 is 11.7. The maximum absolute atomic E-state index is 13.1. The number of aromatic nitrogens is 6. The van der Waals surface area contributed by atoms with Crippen molar-refractivity contribution in [2.24, 2.45) is 10.2 Å². The zero-order valence-corrected chi connectivity index (χ0v) is 41.1. The van der Waals surface area contributed by atoms with Crippen molar-refractivity contribution in [2.45, 2.75) is 0 Å². The van der Waals surface area contributed by atoms with Gasteiger partial charge >= 0.3 is 28.2 Å². The van der Waals surface area contributed by atoms with E-state index in [2.05, 4.69) is 61.6 Å². The Kier molecular flexibility index (Phi) is 16.6. The smallest absolute Gasteiger partial charge is 0.478 e. The van der Waals surface area contributed by atoms with Crippen molar-refractivity contribution in [1.29, 1.82) is 0 Å². The predicted molar refractivity (Wildman–Crippen MR) is 262 cm³/mol. The minimum atomic E-state index is -4.90. The average molecular weight is 1120 g/mol. The number of Topliss-reactive ketones (excluding diaryl/α,β-unsaturated/α-hetero) is 2. The molecule has 0 saturated carbocycles. The molecule has 8 N–H and O–H groups in total. The minimum Gasteiger partial charge on any atom is -0.478 e. The Morgan fingerprint density at radius 3 is 1.30 bits per heavy atom. The molecule has 4 aromatic carbocycles. The molecule has 0 atom stereocenters. The van der Waals surface area contributed by atoms with E-state index in [-0.39, 0.29) is 101 Å². The zero-order valence-electron chi connectivity index (χ0n) is 39.7. The second kappa shape index (κ2) is 22.4. The van der Waals surface area contributed by atoms with Crippen LogP contribution in [0.25, 0.3) is 12.2 Å². The SMILES string of the molecule is COc1nc(Cl)nc(Nc2ccc3c(c2)C=C(S(=O)(=O)O)/C(=N/Nc2ccccc2C(=O)O)C3=O)n1.COc1nc(Cl)nc(Nc2ccc3c(c2)C=C(S(=O)(=O)O)/C(=N/Nc2ccccc2C(=O)O)C3=O)n1.[Cr].[H+].[H+].[H+]. The minimum absolute atomic E-state index is 0. The third kappa shape index (κ3) is 12.8. The Hall–Kier alpha value is -8.27. The average Bonchev–Trinajstić information content (AvgIpc) is 3.32. The quantitative estimate of drug-likeness (QED) is 0.0453. The van der Waals surface area contributed by atoms with Gasteiger partial charge in [-0.2, -0.15) is 56.9 Å². The van der Waals surface area contributed by atoms with Gasteiger partial charge in [-0.15, -0.1) is 0 Å². The molecular formula is C42H33Cl2CrN12O14S2+3. The van der Waals surface area contributed by atoms with Crippen molar-refractivity contribution >= 4 is 125 Å². The van der Waals surface area contributed by atoms with Crippen LogP contribution in [0.15, 0.2) is 105 Å². The summed E-state index contributed by atoms with van der Waals surface area (Å²) in [5, 5.41) is 31.7. The standard InChI is InChI=1S/2C21H15ClN6O7S.Cr/c2*1-35-21-25-19(22)24-20(26-21)23-11-6-7-12-10(8-11)9-15(36(32,33)34)16(17(12)29)28-27-14-5-3-2-4-13(14)18(30)31;/h2*2-9,27H,1H3,(H,30,31)(H,32,33,34)(H,23,24,25,26);/p+3/b2*28-16-;. The number of fused-ring (bicyclic) bond motifs is 2. The van der Waals surface area contributed by atoms with Crippen molar-refractivity contribution in [2.75, 3.05) is 35.7 Å². The van der Waals surface area contributed by atoms with Gasteiger partial charge in [0.25, 0.3) is 20.2 Å². The van der Waals surface area contributed by atoms with E-state index in [1.807, 2.05) is 0 Å². The van der Waals surface area contributed by atoms with Gasteiger partial charge < -0.3 is 30.3 Å². The maximum Gasteiger partial charge on any atom is 1.00 e. The van der Waals surface area contributed by atoms with Gasteiger partial charge in [-0.05, 0) is 107 Å². The number of hydrogen-bond acceptors (Lipinski definition) is 22. The number of methoxy groups -OCH3 is 2. The van der Waals surface area contributed by atoms with E-state index >= 15 is 0 Å². The van der Waals surface area contributed by atoms with Gasteiger partial charge in [-0.1, -0.05) is 24.3 Å². The van der Waals surface area contributed by atoms with E-state index in [1.54, 1.807) is 0 Å². The van der Waals surface area contributed by atoms with Crippen LogP contribution in [-0.2, 0) is 37.6 Å². The van der Waals surface area contributed by atoms with Gasteiger partial charge in [0.05, 0.1) is 36.7 Å². The third-order valence-corrected chi connectivity index (χ3v) is 11.6. The number of ketones is 2. The number of carboxylic acid groups (broad SMARTS) is 2. The van der Waals surface area contributed by atoms with Gasteiger partial charge in [-0.3, -0.25) is 29.5 Å². The molecule has 2 aliphatic carbocycles. The number of nitrogens with zero attached hydrogens (tertiary/aromatic N) is 8. The van der Waals surface area contributed by atoms with Crippen LogP contribution in [0.1, 0.15) is 56.8 Å². The molecule has 0 spiro atoms. The molecule has 2 aliphatic rings. The largest absolute Gasteiger partial charge is 1.00 e. The maximum atomic E-state index is 13.1. The van der Waals surface area contributed by atoms with E-state index in [0.717, 1.165) is 12.2 Å². The molecule has 2 heterocycles. The second-order valence-corrected chi connectivity index (χ2v) is 17.6. The Morgan fingerprint density at radius 2 is 0.959 bits per heavy atom. The summed E-state index contributed by atoms with van der Waals surface area (Å²) in [4.78, 5) is 70.8. The van der Waals surface area contributed by atoms with E-state index < -0.39 is 65.0 Å². The van der Waals surface area contributed by atoms with Crippen molar-refractivity contribution in [3.8, 4) is 12.0 Å². The number of carbonyl (C=O) groups is 4. The summed E-state index contributed by atoms with van der Waals surface area (Å²) in [6.45, 7) is 0. The Balaban J connectivity index is 0.000000380. The Bertz CT molecular complexity index is 3410. The molecule has 0 saturated heterocycles. The van der Waals surface area contributed by atoms with Crippen LogP contribution in [0.5, 0.6) is 12.0 Å². The second-order valence-electron chi connectivity index (χ2n) is 14.2. The van der Waals surface area contributed by atoms with Gasteiger partial charge in [0.2, 0.25) is 34.0 Å². The number of benzene rings is 4. The summed E-state index contributed by atoms with van der Waals surface area (Å²) in [6.07, 6.45) is 2.11. The molecule has 0 fully saturated rings. The zero-order chi connectivity index (χ0) is 52.1. The van der Waals surface area contributed by atoms with Crippen molar-refractivity contribution in [1.82, 2.24) is 29.9 Å². The van der Waals surface area contributed by atoms with Crippen LogP contribution in [0.4, 0.5) is 34.6 Å². The van der Waals surface area contributed by atoms with Gasteiger partial charge in [0.1, 0.15) is 9.81 Å². The molecule has 73 heavy (non-hydrogen) atoms. The van der Waals surface area contributed by atoms with E-state index in [4.69, 9.17) is 32.7 Å². The molecule has 2 aromatic heterocycles. The van der Waals surface area contributed by atoms with Crippen molar-refractivity contribution in [3.63, 3.8) is 0 Å². The number of nitrogens with one attached hydrogen (secondary N) is 4. The molecule has 0 aliphatic heterocycles. The topological polar surface area (TPSA) is 386 Å². The van der Waals surface area contributed by atoms with Crippen LogP contribution in [-0.4, -0.2) is 115 Å². The summed E-state index contributed by atoms with van der Waals surface area (Å²) in [5.41, 5.74) is 4.40. The summed E-state index contributed by atoms with van der Waals surface area (Å²) < 4.78 is 77.7. The molecule has 6 aromatic rings. The molecule has 0 bridgehead atoms. The number of allylic oxidation sites excluding steroid dienone is 2. The molecule has 26 nitrogen and oxygen atoms in total. The third-order valence-electron chi connectivity index (χ3n) is 9.56. The van der Waals surface area contributed by atoms with Crippen LogP contribution in [0.3, 0.4) is 0 Å². The molecule has 374 valence electrons. The molecule has 0 amide bonds. The van der Waals surface area contributed by atoms with Crippen molar-refractivity contribution in [3.05, 3.63) is 139 Å². The van der Waals surface area contributed by atoms with Gasteiger partial charge in [0.15, 0.2) is 11.4 Å². The molecule has 0 unspecified atom stereocenters. The molecule has 31 heteroatoms. The normalized spacial score (nSPS) is 13.9. The van der Waals surface area contributed by atoms with Crippen LogP contribution < -0.4 is 31.0 Å². The first-order valence-corrected chi connectivity index (χ1v) is 23.3. The molecule has 0 radical (unpaired) electrons. The predicted octanol–water partition coefficient (Wildman–Crippen LogP) is 6.07. The number of para-hydroxylation sites is 2. The Morgan fingerprint density at radius 1 is 0.589 bits per heavy atom. The first-order chi connectivity index (χ1) is 34.1. The number of carbonyl (C=O) groups excluding carboxylic acids is 2. The fourth-order valence-electron chi connectivity index (χ4n) is 6.42. The van der Waals surface area contributed by atoms with Crippen molar-refractivity contribution < 1.29 is 86.4 Å². The Labute approximate surface area is 436 Å². The summed E-state index contributed by atoms with van der Waals surface area (Å²) in [6, 6.07) is 19.9. The summed E-state index contributed by atoms with van der Waals surface area (Å²) in [7, 11) is -7.12. The monoisotopic (exact) mass is 1120 g/mol. The van der Waals surface area contributed by atoms with Gasteiger partial charge in [0, 0.05) is 39.9 Å². The number of aromatic carboxylic acids is 2. The number of hydrazone groups is 2. The number of anilines is 6. The number of ether oxygens (including phenoxy) is 2. The molecule has 8 rings (SSSR count). The number of rotatable bonds is 14. The molecular weight excluding hydrogens is 1080 g/mol. The number of carboxylic acids is 2. The fourth-order valence-corrected chi connectivity index (χ4v) is 8.04. The van der Waals surface area contributed by atoms with Crippen LogP contribution in [0.2, 0.25) is 10.6 Å². The first kappa shape index (κ1) is 54.1. The van der Waals surface area contributed by atoms with Crippen LogP contribution >= 0.6 is 23.2 Å². The fraction of sp³-hybridized carbons (Fsp3) is 0.0476. The van der Waals surface area contributed by atoms with E-state index in [0.29, 0.717) is 11.4 Å². The van der Waals surface area contributed by atoms with E-state index in [9.17, 15) is 55.3 Å².